The monoisotopic (exact) mass is 306 g/mol. The van der Waals surface area contributed by atoms with E-state index in [0.29, 0.717) is 33.6 Å². The smallest absolute Gasteiger partial charge is 0.136 e. The number of hydrogen-bond acceptors (Lipinski definition) is 3. The highest BCUT2D eigenvalue weighted by Gasteiger charge is 2.07. The van der Waals surface area contributed by atoms with Crippen molar-refractivity contribution in [2.75, 3.05) is 12.4 Å². The van der Waals surface area contributed by atoms with Crippen LogP contribution in [-0.2, 0) is 6.54 Å². The Kier molecular flexibility index (Phi) is 4.73. The van der Waals surface area contributed by atoms with E-state index in [9.17, 15) is 0 Å². The summed E-state index contributed by atoms with van der Waals surface area (Å²) in [7, 11) is 1.54. The van der Waals surface area contributed by atoms with E-state index in [1.54, 1.807) is 24.3 Å². The maximum atomic E-state index is 8.94. The molecule has 0 spiro atoms. The van der Waals surface area contributed by atoms with Gasteiger partial charge in [0.1, 0.15) is 11.8 Å². The molecule has 0 bridgehead atoms. The van der Waals surface area contributed by atoms with Gasteiger partial charge in [-0.1, -0.05) is 35.3 Å². The summed E-state index contributed by atoms with van der Waals surface area (Å²) in [5.74, 6) is 0.553. The molecule has 2 aromatic carbocycles. The Labute approximate surface area is 127 Å². The molecule has 0 fully saturated rings. The average molecular weight is 307 g/mol. The van der Waals surface area contributed by atoms with Crippen LogP contribution in [0.3, 0.4) is 0 Å². The minimum Gasteiger partial charge on any atom is -0.495 e. The van der Waals surface area contributed by atoms with Crippen LogP contribution >= 0.6 is 23.2 Å². The molecule has 2 rings (SSSR count). The summed E-state index contributed by atoms with van der Waals surface area (Å²) in [5, 5.41) is 13.3. The van der Waals surface area contributed by atoms with E-state index in [4.69, 9.17) is 33.2 Å². The number of para-hydroxylation sites is 1. The van der Waals surface area contributed by atoms with E-state index in [1.807, 2.05) is 12.1 Å². The molecular formula is C15H12Cl2N2O. The second-order valence-electron chi connectivity index (χ2n) is 4.10. The van der Waals surface area contributed by atoms with Gasteiger partial charge in [-0.05, 0) is 29.8 Å². The second kappa shape index (κ2) is 6.51. The van der Waals surface area contributed by atoms with Crippen molar-refractivity contribution < 1.29 is 4.74 Å². The Morgan fingerprint density at radius 1 is 1.20 bits per heavy atom. The third-order valence-electron chi connectivity index (χ3n) is 2.82. The van der Waals surface area contributed by atoms with Gasteiger partial charge in [0.2, 0.25) is 0 Å². The van der Waals surface area contributed by atoms with Crippen molar-refractivity contribution in [2.45, 2.75) is 6.54 Å². The van der Waals surface area contributed by atoms with Gasteiger partial charge in [0, 0.05) is 6.54 Å². The van der Waals surface area contributed by atoms with Gasteiger partial charge in [0.15, 0.2) is 0 Å². The quantitative estimate of drug-likeness (QED) is 0.905. The topological polar surface area (TPSA) is 45.0 Å². The molecule has 0 aliphatic rings. The number of hydrogen-bond donors (Lipinski definition) is 1. The standard InChI is InChI=1S/C15H12Cl2N2O/c1-20-14-7-10(5-6-11(14)8-18)9-19-15-12(16)3-2-4-13(15)17/h2-7,19H,9H2,1H3. The Hall–Kier alpha value is -1.89. The first-order valence-corrected chi connectivity index (χ1v) is 6.66. The van der Waals surface area contributed by atoms with Gasteiger partial charge in [-0.15, -0.1) is 0 Å². The zero-order chi connectivity index (χ0) is 14.5. The maximum absolute atomic E-state index is 8.94. The number of nitriles is 1. The van der Waals surface area contributed by atoms with Crippen LogP contribution in [0.2, 0.25) is 10.0 Å². The number of benzene rings is 2. The number of nitrogens with one attached hydrogen (secondary N) is 1. The molecule has 0 saturated carbocycles. The number of ether oxygens (including phenoxy) is 1. The van der Waals surface area contributed by atoms with E-state index < -0.39 is 0 Å². The van der Waals surface area contributed by atoms with E-state index >= 15 is 0 Å². The minimum absolute atomic E-state index is 0.507. The number of anilines is 1. The predicted octanol–water partition coefficient (Wildman–Crippen LogP) is 4.49. The lowest BCUT2D eigenvalue weighted by Gasteiger charge is -2.11. The third kappa shape index (κ3) is 3.16. The molecule has 1 N–H and O–H groups in total. The first kappa shape index (κ1) is 14.5. The molecule has 0 aliphatic carbocycles. The highest BCUT2D eigenvalue weighted by atomic mass is 35.5. The largest absolute Gasteiger partial charge is 0.495 e. The first-order chi connectivity index (χ1) is 9.65. The van der Waals surface area contributed by atoms with Crippen LogP contribution in [0.15, 0.2) is 36.4 Å². The van der Waals surface area contributed by atoms with Gasteiger partial charge in [0.25, 0.3) is 0 Å². The van der Waals surface area contributed by atoms with E-state index in [2.05, 4.69) is 11.4 Å². The summed E-state index contributed by atoms with van der Waals surface area (Å²) in [6.07, 6.45) is 0. The fraction of sp³-hybridized carbons (Fsp3) is 0.133. The predicted molar refractivity (Wildman–Crippen MR) is 81.5 cm³/mol. The Balaban J connectivity index is 2.18. The molecule has 0 saturated heterocycles. The molecule has 0 atom stereocenters. The van der Waals surface area contributed by atoms with Crippen molar-refractivity contribution in [1.82, 2.24) is 0 Å². The summed E-state index contributed by atoms with van der Waals surface area (Å²) in [6.45, 7) is 0.533. The van der Waals surface area contributed by atoms with Crippen LogP contribution in [0.1, 0.15) is 11.1 Å². The normalized spacial score (nSPS) is 9.90. The molecule has 20 heavy (non-hydrogen) atoms. The molecule has 102 valence electrons. The van der Waals surface area contributed by atoms with E-state index in [1.165, 1.54) is 7.11 Å². The van der Waals surface area contributed by atoms with Crippen LogP contribution in [-0.4, -0.2) is 7.11 Å². The number of halogens is 2. The van der Waals surface area contributed by atoms with Gasteiger partial charge in [-0.25, -0.2) is 0 Å². The number of methoxy groups -OCH3 is 1. The van der Waals surface area contributed by atoms with Gasteiger partial charge in [-0.2, -0.15) is 5.26 Å². The number of rotatable bonds is 4. The van der Waals surface area contributed by atoms with E-state index in [0.717, 1.165) is 5.56 Å². The van der Waals surface area contributed by atoms with Crippen molar-refractivity contribution in [2.24, 2.45) is 0 Å². The lowest BCUT2D eigenvalue weighted by atomic mass is 10.1. The van der Waals surface area contributed by atoms with Crippen LogP contribution in [0, 0.1) is 11.3 Å². The van der Waals surface area contributed by atoms with Crippen molar-refractivity contribution in [3.8, 4) is 11.8 Å². The lowest BCUT2D eigenvalue weighted by Crippen LogP contribution is -2.01. The Morgan fingerprint density at radius 3 is 2.50 bits per heavy atom. The van der Waals surface area contributed by atoms with Crippen LogP contribution in [0.5, 0.6) is 5.75 Å². The van der Waals surface area contributed by atoms with Gasteiger partial charge < -0.3 is 10.1 Å². The highest BCUT2D eigenvalue weighted by Crippen LogP contribution is 2.30. The fourth-order valence-electron chi connectivity index (χ4n) is 1.80. The third-order valence-corrected chi connectivity index (χ3v) is 3.45. The fourth-order valence-corrected chi connectivity index (χ4v) is 2.33. The van der Waals surface area contributed by atoms with E-state index in [-0.39, 0.29) is 0 Å². The Morgan fingerprint density at radius 2 is 1.90 bits per heavy atom. The number of nitrogens with zero attached hydrogens (tertiary/aromatic N) is 1. The molecule has 0 unspecified atom stereocenters. The molecule has 0 amide bonds. The van der Waals surface area contributed by atoms with Crippen molar-refractivity contribution in [1.29, 1.82) is 5.26 Å². The van der Waals surface area contributed by atoms with Crippen molar-refractivity contribution in [3.05, 3.63) is 57.6 Å². The summed E-state index contributed by atoms with van der Waals surface area (Å²) in [4.78, 5) is 0. The average Bonchev–Trinajstić information content (AvgIpc) is 2.46. The van der Waals surface area contributed by atoms with Crippen LogP contribution < -0.4 is 10.1 Å². The van der Waals surface area contributed by atoms with Gasteiger partial charge >= 0.3 is 0 Å². The molecular weight excluding hydrogens is 295 g/mol. The lowest BCUT2D eigenvalue weighted by molar-refractivity contribution is 0.413. The summed E-state index contributed by atoms with van der Waals surface area (Å²) in [6, 6.07) is 12.8. The Bertz CT molecular complexity index is 645. The molecule has 0 aromatic heterocycles. The SMILES string of the molecule is COc1cc(CNc2c(Cl)cccc2Cl)ccc1C#N. The summed E-state index contributed by atoms with van der Waals surface area (Å²) < 4.78 is 5.17. The van der Waals surface area contributed by atoms with Gasteiger partial charge in [0.05, 0.1) is 28.4 Å². The molecule has 5 heteroatoms. The minimum atomic E-state index is 0.507. The zero-order valence-corrected chi connectivity index (χ0v) is 12.3. The van der Waals surface area contributed by atoms with Crippen LogP contribution in [0.25, 0.3) is 0 Å². The molecule has 2 aromatic rings. The zero-order valence-electron chi connectivity index (χ0n) is 10.8. The summed E-state index contributed by atoms with van der Waals surface area (Å²) in [5.41, 5.74) is 2.17. The van der Waals surface area contributed by atoms with Crippen molar-refractivity contribution >= 4 is 28.9 Å². The molecule has 0 radical (unpaired) electrons. The second-order valence-corrected chi connectivity index (χ2v) is 4.91. The summed E-state index contributed by atoms with van der Waals surface area (Å²) >= 11 is 12.2. The molecule has 0 heterocycles. The molecule has 0 aliphatic heterocycles. The highest BCUT2D eigenvalue weighted by molar-refractivity contribution is 6.39. The van der Waals surface area contributed by atoms with Crippen molar-refractivity contribution in [3.63, 3.8) is 0 Å². The van der Waals surface area contributed by atoms with Crippen LogP contribution in [0.4, 0.5) is 5.69 Å². The first-order valence-electron chi connectivity index (χ1n) is 5.90. The molecule has 3 nitrogen and oxygen atoms in total. The maximum Gasteiger partial charge on any atom is 0.136 e. The van der Waals surface area contributed by atoms with Gasteiger partial charge in [-0.3, -0.25) is 0 Å².